The molecule has 1 saturated carbocycles. The molecular weight excluding hydrogens is 286 g/mol. The minimum absolute atomic E-state index is 0.229. The van der Waals surface area contributed by atoms with Gasteiger partial charge in [0.25, 0.3) is 0 Å². The van der Waals surface area contributed by atoms with Gasteiger partial charge in [-0.2, -0.15) is 0 Å². The predicted molar refractivity (Wildman–Crippen MR) is 86.8 cm³/mol. The predicted octanol–water partition coefficient (Wildman–Crippen LogP) is 4.00. The molecule has 0 bridgehead atoms. The lowest BCUT2D eigenvalue weighted by molar-refractivity contribution is 0.00222. The number of aliphatic hydroxyl groups is 1. The molecule has 0 aliphatic heterocycles. The molecule has 1 aromatic heterocycles. The van der Waals surface area contributed by atoms with E-state index < -0.39 is 5.60 Å². The Balaban J connectivity index is 1.96. The van der Waals surface area contributed by atoms with Crippen LogP contribution in [0.1, 0.15) is 64.6 Å². The molecule has 0 saturated heterocycles. The number of hydrogen-bond donors (Lipinski definition) is 2. The third-order valence-corrected chi connectivity index (χ3v) is 4.63. The van der Waals surface area contributed by atoms with Crippen LogP contribution in [0.4, 0.5) is 5.82 Å². The minimum Gasteiger partial charge on any atom is -0.388 e. The first-order valence-corrected chi connectivity index (χ1v) is 8.30. The van der Waals surface area contributed by atoms with E-state index in [1.165, 1.54) is 6.42 Å². The maximum atomic E-state index is 10.7. The van der Waals surface area contributed by atoms with Gasteiger partial charge in [0.2, 0.25) is 0 Å². The fraction of sp³-hybridized carbons (Fsp3) is 0.750. The lowest BCUT2D eigenvalue weighted by atomic mass is 9.78. The summed E-state index contributed by atoms with van der Waals surface area (Å²) in [5.74, 6) is 2.43. The fourth-order valence-corrected chi connectivity index (χ4v) is 3.03. The standard InChI is InChI=1S/C16H26ClN3O/c1-4-12-5-7-16(21,8-6-12)10-18-14-9-13(17)19-15(20-14)11(2)3/h9,11-12,21H,4-8,10H2,1-3H3,(H,18,19,20). The number of nitrogens with one attached hydrogen (secondary N) is 1. The summed E-state index contributed by atoms with van der Waals surface area (Å²) < 4.78 is 0. The van der Waals surface area contributed by atoms with Crippen molar-refractivity contribution in [3.05, 3.63) is 17.0 Å². The number of nitrogens with zero attached hydrogens (tertiary/aromatic N) is 2. The third kappa shape index (κ3) is 4.55. The second-order valence-corrected chi connectivity index (χ2v) is 6.91. The quantitative estimate of drug-likeness (QED) is 0.807. The molecule has 5 heteroatoms. The highest BCUT2D eigenvalue weighted by Gasteiger charge is 2.32. The van der Waals surface area contributed by atoms with Crippen LogP contribution in [-0.2, 0) is 0 Å². The van der Waals surface area contributed by atoms with E-state index in [0.29, 0.717) is 17.5 Å². The van der Waals surface area contributed by atoms with Crippen LogP contribution in [0.3, 0.4) is 0 Å². The highest BCUT2D eigenvalue weighted by atomic mass is 35.5. The number of anilines is 1. The molecule has 1 heterocycles. The molecule has 1 aromatic rings. The van der Waals surface area contributed by atoms with Gasteiger partial charge in [-0.05, 0) is 31.6 Å². The molecular formula is C16H26ClN3O. The first-order valence-electron chi connectivity index (χ1n) is 7.92. The van der Waals surface area contributed by atoms with Gasteiger partial charge in [0.05, 0.1) is 5.60 Å². The van der Waals surface area contributed by atoms with Gasteiger partial charge in [-0.3, -0.25) is 0 Å². The molecule has 0 spiro atoms. The van der Waals surface area contributed by atoms with E-state index in [9.17, 15) is 5.11 Å². The SMILES string of the molecule is CCC1CCC(O)(CNc2cc(Cl)nc(C(C)C)n2)CC1. The molecule has 1 aliphatic carbocycles. The molecule has 4 nitrogen and oxygen atoms in total. The monoisotopic (exact) mass is 311 g/mol. The van der Waals surface area contributed by atoms with Crippen molar-refractivity contribution in [2.24, 2.45) is 5.92 Å². The third-order valence-electron chi connectivity index (χ3n) is 4.44. The number of aromatic nitrogens is 2. The van der Waals surface area contributed by atoms with Gasteiger partial charge in [-0.1, -0.05) is 38.8 Å². The van der Waals surface area contributed by atoms with Gasteiger partial charge < -0.3 is 10.4 Å². The van der Waals surface area contributed by atoms with Crippen LogP contribution in [0.15, 0.2) is 6.07 Å². The van der Waals surface area contributed by atoms with Crippen LogP contribution < -0.4 is 5.32 Å². The van der Waals surface area contributed by atoms with Crippen LogP contribution in [0.25, 0.3) is 0 Å². The van der Waals surface area contributed by atoms with Gasteiger partial charge >= 0.3 is 0 Å². The first-order chi connectivity index (χ1) is 9.92. The number of rotatable bonds is 5. The summed E-state index contributed by atoms with van der Waals surface area (Å²) in [5.41, 5.74) is -0.624. The van der Waals surface area contributed by atoms with Crippen molar-refractivity contribution >= 4 is 17.4 Å². The van der Waals surface area contributed by atoms with Gasteiger partial charge in [-0.25, -0.2) is 9.97 Å². The molecule has 118 valence electrons. The van der Waals surface area contributed by atoms with Crippen molar-refractivity contribution in [1.29, 1.82) is 0 Å². The van der Waals surface area contributed by atoms with Gasteiger partial charge in [0.1, 0.15) is 16.8 Å². The average molecular weight is 312 g/mol. The van der Waals surface area contributed by atoms with Crippen molar-refractivity contribution in [3.63, 3.8) is 0 Å². The molecule has 2 rings (SSSR count). The van der Waals surface area contributed by atoms with Crippen molar-refractivity contribution in [3.8, 4) is 0 Å². The average Bonchev–Trinajstić information content (AvgIpc) is 2.45. The van der Waals surface area contributed by atoms with Gasteiger partial charge in [0.15, 0.2) is 0 Å². The van der Waals surface area contributed by atoms with Gasteiger partial charge in [-0.15, -0.1) is 0 Å². The highest BCUT2D eigenvalue weighted by Crippen LogP contribution is 2.33. The van der Waals surface area contributed by atoms with Crippen molar-refractivity contribution in [1.82, 2.24) is 9.97 Å². The summed E-state index contributed by atoms with van der Waals surface area (Å²) in [5, 5.41) is 14.3. The van der Waals surface area contributed by atoms with E-state index in [4.69, 9.17) is 11.6 Å². The Morgan fingerprint density at radius 3 is 2.62 bits per heavy atom. The maximum Gasteiger partial charge on any atom is 0.135 e. The molecule has 0 amide bonds. The van der Waals surface area contributed by atoms with Crippen molar-refractivity contribution < 1.29 is 5.11 Å². The molecule has 0 aromatic carbocycles. The Morgan fingerprint density at radius 2 is 2.05 bits per heavy atom. The Labute approximate surface area is 132 Å². The minimum atomic E-state index is -0.624. The molecule has 0 radical (unpaired) electrons. The zero-order chi connectivity index (χ0) is 15.5. The van der Waals surface area contributed by atoms with E-state index in [2.05, 4.69) is 22.2 Å². The van der Waals surface area contributed by atoms with Crippen molar-refractivity contribution in [2.75, 3.05) is 11.9 Å². The number of halogens is 1. The lowest BCUT2D eigenvalue weighted by Gasteiger charge is -2.36. The normalized spacial score (nSPS) is 26.1. The van der Waals surface area contributed by atoms with Gasteiger partial charge in [0, 0.05) is 18.5 Å². The molecule has 1 aliphatic rings. The Bertz CT molecular complexity index is 471. The zero-order valence-electron chi connectivity index (χ0n) is 13.2. The van der Waals surface area contributed by atoms with Crippen LogP contribution in [-0.4, -0.2) is 27.2 Å². The van der Waals surface area contributed by atoms with E-state index in [-0.39, 0.29) is 5.92 Å². The van der Waals surface area contributed by atoms with E-state index >= 15 is 0 Å². The summed E-state index contributed by atoms with van der Waals surface area (Å²) in [6.07, 6.45) is 5.14. The highest BCUT2D eigenvalue weighted by molar-refractivity contribution is 6.29. The summed E-state index contributed by atoms with van der Waals surface area (Å²) in [6.45, 7) is 6.82. The number of hydrogen-bond acceptors (Lipinski definition) is 4. The van der Waals surface area contributed by atoms with Crippen LogP contribution in [0.2, 0.25) is 5.15 Å². The largest absolute Gasteiger partial charge is 0.388 e. The van der Waals surface area contributed by atoms with Crippen LogP contribution in [0, 0.1) is 5.92 Å². The lowest BCUT2D eigenvalue weighted by Crippen LogP contribution is -2.40. The maximum absolute atomic E-state index is 10.7. The Kier molecular flexibility index (Phi) is 5.44. The van der Waals surface area contributed by atoms with Crippen molar-refractivity contribution in [2.45, 2.75) is 64.4 Å². The first kappa shape index (κ1) is 16.5. The smallest absolute Gasteiger partial charge is 0.135 e. The van der Waals surface area contributed by atoms with E-state index in [1.54, 1.807) is 6.07 Å². The van der Waals surface area contributed by atoms with E-state index in [1.807, 2.05) is 13.8 Å². The molecule has 0 atom stereocenters. The van der Waals surface area contributed by atoms with E-state index in [0.717, 1.165) is 37.4 Å². The summed E-state index contributed by atoms with van der Waals surface area (Å²) in [4.78, 5) is 8.68. The molecule has 1 fully saturated rings. The second kappa shape index (κ2) is 6.93. The van der Waals surface area contributed by atoms with Crippen LogP contribution in [0.5, 0.6) is 0 Å². The molecule has 21 heavy (non-hydrogen) atoms. The second-order valence-electron chi connectivity index (χ2n) is 6.52. The zero-order valence-corrected chi connectivity index (χ0v) is 14.0. The summed E-state index contributed by atoms with van der Waals surface area (Å²) in [7, 11) is 0. The Hall–Kier alpha value is -0.870. The summed E-state index contributed by atoms with van der Waals surface area (Å²) in [6, 6.07) is 1.72. The fourth-order valence-electron chi connectivity index (χ4n) is 2.84. The Morgan fingerprint density at radius 1 is 1.38 bits per heavy atom. The topological polar surface area (TPSA) is 58.0 Å². The van der Waals surface area contributed by atoms with Crippen LogP contribution >= 0.6 is 11.6 Å². The summed E-state index contributed by atoms with van der Waals surface area (Å²) >= 11 is 6.03. The molecule has 2 N–H and O–H groups in total. The molecule has 0 unspecified atom stereocenters.